The minimum atomic E-state index is -3.34. The van der Waals surface area contributed by atoms with E-state index in [2.05, 4.69) is 10.3 Å². The van der Waals surface area contributed by atoms with Crippen LogP contribution in [0.2, 0.25) is 0 Å². The third kappa shape index (κ3) is 4.51. The number of carbonyl (C=O) groups is 2. The van der Waals surface area contributed by atoms with E-state index in [0.29, 0.717) is 5.56 Å². The maximum atomic E-state index is 15.0. The molecule has 1 N–H and O–H groups in total. The number of anilines is 1. The van der Waals surface area contributed by atoms with E-state index in [4.69, 9.17) is 4.74 Å². The number of nitrogens with one attached hydrogen (secondary N) is 1. The first-order valence-corrected chi connectivity index (χ1v) is 11.0. The van der Waals surface area contributed by atoms with E-state index in [9.17, 15) is 14.4 Å². The highest BCUT2D eigenvalue weighted by Crippen LogP contribution is 2.52. The molecule has 7 nitrogen and oxygen atoms in total. The molecule has 0 aliphatic carbocycles. The van der Waals surface area contributed by atoms with Gasteiger partial charge in [0, 0.05) is 23.9 Å². The van der Waals surface area contributed by atoms with Crippen LogP contribution in [-0.4, -0.2) is 39.7 Å². The largest absolute Gasteiger partial charge is 0.458 e. The molecule has 0 saturated carbocycles. The van der Waals surface area contributed by atoms with Gasteiger partial charge in [-0.05, 0) is 30.3 Å². The standard InChI is InChI=1S/C23H19F2N3O4S/c24-22(25)12-14-33-23(22,15-32-20(30)17-9-5-2-6-10-17)28-13-11-18(27-21(28)31)26-19(29)16-7-3-1-4-8-16/h1-11,13H,12,14-15H2,(H,26,27,29,31). The summed E-state index contributed by atoms with van der Waals surface area (Å²) in [7, 11) is 0. The van der Waals surface area contributed by atoms with Crippen LogP contribution in [0.1, 0.15) is 27.1 Å². The van der Waals surface area contributed by atoms with Crippen molar-refractivity contribution in [3.63, 3.8) is 0 Å². The lowest BCUT2D eigenvalue weighted by molar-refractivity contribution is -0.0848. The molecular weight excluding hydrogens is 452 g/mol. The summed E-state index contributed by atoms with van der Waals surface area (Å²) in [6.45, 7) is -0.726. The van der Waals surface area contributed by atoms with Crippen molar-refractivity contribution < 1.29 is 23.1 Å². The molecule has 0 bridgehead atoms. The summed E-state index contributed by atoms with van der Waals surface area (Å²) in [5.74, 6) is -4.62. The topological polar surface area (TPSA) is 90.3 Å². The van der Waals surface area contributed by atoms with Crippen molar-refractivity contribution in [3.05, 3.63) is 94.5 Å². The lowest BCUT2D eigenvalue weighted by atomic mass is 10.1. The Morgan fingerprint density at radius 3 is 2.24 bits per heavy atom. The Morgan fingerprint density at radius 2 is 1.67 bits per heavy atom. The van der Waals surface area contributed by atoms with Crippen LogP contribution in [0, 0.1) is 0 Å². The monoisotopic (exact) mass is 471 g/mol. The van der Waals surface area contributed by atoms with Gasteiger partial charge >= 0.3 is 11.7 Å². The number of amides is 1. The van der Waals surface area contributed by atoms with Crippen molar-refractivity contribution in [2.75, 3.05) is 17.7 Å². The van der Waals surface area contributed by atoms with E-state index in [0.717, 1.165) is 22.5 Å². The Labute approximate surface area is 191 Å². The summed E-state index contributed by atoms with van der Waals surface area (Å²) in [4.78, 5) is 39.0. The first-order chi connectivity index (χ1) is 15.8. The second-order valence-corrected chi connectivity index (χ2v) is 8.69. The number of nitrogens with zero attached hydrogens (tertiary/aromatic N) is 2. The van der Waals surface area contributed by atoms with Crippen LogP contribution in [0.5, 0.6) is 0 Å². The molecular formula is C23H19F2N3O4S. The van der Waals surface area contributed by atoms with Gasteiger partial charge < -0.3 is 10.1 Å². The van der Waals surface area contributed by atoms with Crippen LogP contribution in [0.3, 0.4) is 0 Å². The predicted octanol–water partition coefficient (Wildman–Crippen LogP) is 3.78. The lowest BCUT2D eigenvalue weighted by Gasteiger charge is -2.34. The van der Waals surface area contributed by atoms with Gasteiger partial charge in [-0.15, -0.1) is 11.8 Å². The highest BCUT2D eigenvalue weighted by Gasteiger charge is 2.61. The molecule has 1 amide bonds. The van der Waals surface area contributed by atoms with Crippen LogP contribution >= 0.6 is 11.8 Å². The Bertz CT molecular complexity index is 1220. The van der Waals surface area contributed by atoms with Crippen molar-refractivity contribution in [1.82, 2.24) is 9.55 Å². The quantitative estimate of drug-likeness (QED) is 0.551. The van der Waals surface area contributed by atoms with Gasteiger partial charge in [-0.3, -0.25) is 9.36 Å². The summed E-state index contributed by atoms with van der Waals surface area (Å²) in [6.07, 6.45) is 0.651. The molecule has 1 saturated heterocycles. The highest BCUT2D eigenvalue weighted by molar-refractivity contribution is 8.00. The molecule has 1 unspecified atom stereocenters. The van der Waals surface area contributed by atoms with Gasteiger partial charge in [0.15, 0.2) is 4.87 Å². The van der Waals surface area contributed by atoms with E-state index >= 15 is 8.78 Å². The minimum Gasteiger partial charge on any atom is -0.458 e. The zero-order valence-corrected chi connectivity index (χ0v) is 18.1. The average molecular weight is 471 g/mol. The number of thioether (sulfide) groups is 1. The number of alkyl halides is 2. The zero-order valence-electron chi connectivity index (χ0n) is 17.2. The van der Waals surface area contributed by atoms with E-state index in [1.54, 1.807) is 48.5 Å². The molecule has 1 aliphatic rings. The van der Waals surface area contributed by atoms with E-state index in [-0.39, 0.29) is 17.1 Å². The van der Waals surface area contributed by atoms with Gasteiger partial charge in [0.2, 0.25) is 0 Å². The summed E-state index contributed by atoms with van der Waals surface area (Å²) < 4.78 is 36.1. The van der Waals surface area contributed by atoms with Gasteiger partial charge in [0.05, 0.1) is 5.56 Å². The molecule has 3 aromatic rings. The van der Waals surface area contributed by atoms with Gasteiger partial charge in [-0.2, -0.15) is 4.98 Å². The number of esters is 1. The molecule has 0 spiro atoms. The number of ether oxygens (including phenoxy) is 1. The summed E-state index contributed by atoms with van der Waals surface area (Å²) in [5.41, 5.74) is -0.431. The predicted molar refractivity (Wildman–Crippen MR) is 120 cm³/mol. The van der Waals surface area contributed by atoms with Gasteiger partial charge in [-0.1, -0.05) is 36.4 Å². The number of hydrogen-bond acceptors (Lipinski definition) is 6. The minimum absolute atomic E-state index is 0.0643. The van der Waals surface area contributed by atoms with E-state index < -0.39 is 41.4 Å². The maximum absolute atomic E-state index is 15.0. The molecule has 10 heteroatoms. The molecule has 170 valence electrons. The molecule has 1 atom stereocenters. The van der Waals surface area contributed by atoms with Crippen LogP contribution in [-0.2, 0) is 9.61 Å². The number of hydrogen-bond donors (Lipinski definition) is 1. The van der Waals surface area contributed by atoms with Crippen molar-refractivity contribution in [1.29, 1.82) is 0 Å². The van der Waals surface area contributed by atoms with Crippen molar-refractivity contribution in [3.8, 4) is 0 Å². The molecule has 1 aromatic heterocycles. The fraction of sp³-hybridized carbons (Fsp3) is 0.217. The second-order valence-electron chi connectivity index (χ2n) is 7.31. The normalized spacial score (nSPS) is 19.1. The third-order valence-corrected chi connectivity index (χ3v) is 6.71. The Kier molecular flexibility index (Phi) is 6.28. The molecule has 2 heterocycles. The summed E-state index contributed by atoms with van der Waals surface area (Å²) in [5, 5.41) is 2.48. The van der Waals surface area contributed by atoms with Crippen LogP contribution < -0.4 is 11.0 Å². The summed E-state index contributed by atoms with van der Waals surface area (Å²) in [6, 6.07) is 17.5. The van der Waals surface area contributed by atoms with Crippen LogP contribution in [0.15, 0.2) is 77.7 Å². The van der Waals surface area contributed by atoms with E-state index in [1.807, 2.05) is 0 Å². The number of aromatic nitrogens is 2. The zero-order chi connectivity index (χ0) is 23.5. The van der Waals surface area contributed by atoms with Crippen LogP contribution in [0.25, 0.3) is 0 Å². The SMILES string of the molecule is O=C(Nc1ccn(C2(COC(=O)c3ccccc3)SCCC2(F)F)c(=O)n1)c1ccccc1. The first-order valence-electron chi connectivity index (χ1n) is 10.0. The van der Waals surface area contributed by atoms with Gasteiger partial charge in [-0.25, -0.2) is 18.4 Å². The van der Waals surface area contributed by atoms with E-state index in [1.165, 1.54) is 18.2 Å². The number of halogens is 2. The Morgan fingerprint density at radius 1 is 1.03 bits per heavy atom. The van der Waals surface area contributed by atoms with Crippen molar-refractivity contribution >= 4 is 29.5 Å². The van der Waals surface area contributed by atoms with Crippen molar-refractivity contribution in [2.45, 2.75) is 17.2 Å². The molecule has 33 heavy (non-hydrogen) atoms. The first kappa shape index (κ1) is 22.7. The fourth-order valence-corrected chi connectivity index (χ4v) is 4.89. The second kappa shape index (κ2) is 9.14. The fourth-order valence-electron chi connectivity index (χ4n) is 3.46. The van der Waals surface area contributed by atoms with Gasteiger partial charge in [0.25, 0.3) is 11.8 Å². The summed E-state index contributed by atoms with van der Waals surface area (Å²) >= 11 is 0.826. The highest BCUT2D eigenvalue weighted by atomic mass is 32.2. The lowest BCUT2D eigenvalue weighted by Crippen LogP contribution is -2.52. The molecule has 0 radical (unpaired) electrons. The maximum Gasteiger partial charge on any atom is 0.351 e. The Hall–Kier alpha value is -3.53. The molecule has 2 aromatic carbocycles. The van der Waals surface area contributed by atoms with Crippen LogP contribution in [0.4, 0.5) is 14.6 Å². The molecule has 1 aliphatic heterocycles. The molecule has 1 fully saturated rings. The Balaban J connectivity index is 1.59. The smallest absolute Gasteiger partial charge is 0.351 e. The van der Waals surface area contributed by atoms with Gasteiger partial charge in [0.1, 0.15) is 12.4 Å². The number of carbonyl (C=O) groups excluding carboxylic acids is 2. The average Bonchev–Trinajstić information content (AvgIpc) is 3.13. The molecule has 4 rings (SSSR count). The van der Waals surface area contributed by atoms with Crippen molar-refractivity contribution in [2.24, 2.45) is 0 Å². The number of rotatable bonds is 6. The number of benzene rings is 2. The third-order valence-electron chi connectivity index (χ3n) is 5.21.